The number of nitrogens with zero attached hydrogens (tertiary/aromatic N) is 2. The minimum absolute atomic E-state index is 0.108. The summed E-state index contributed by atoms with van der Waals surface area (Å²) in [4.78, 5) is 16.7. The van der Waals surface area contributed by atoms with Crippen molar-refractivity contribution >= 4 is 11.6 Å². The highest BCUT2D eigenvalue weighted by atomic mass is 16.5. The number of carbonyl (C=O) groups is 1. The molecule has 0 saturated carbocycles. The topological polar surface area (TPSA) is 55.6 Å². The van der Waals surface area contributed by atoms with Gasteiger partial charge in [-0.2, -0.15) is 0 Å². The number of fused-ring (bicyclic) bond motifs is 1. The molecule has 23 heavy (non-hydrogen) atoms. The van der Waals surface area contributed by atoms with Crippen molar-refractivity contribution in [1.82, 2.24) is 14.7 Å². The summed E-state index contributed by atoms with van der Waals surface area (Å²) in [5, 5.41) is 2.91. The van der Waals surface area contributed by atoms with Gasteiger partial charge in [0.2, 0.25) is 0 Å². The lowest BCUT2D eigenvalue weighted by atomic mass is 10.2. The maximum atomic E-state index is 12.1. The number of hydrogen-bond acceptors (Lipinski definition) is 3. The van der Waals surface area contributed by atoms with Crippen molar-refractivity contribution < 1.29 is 9.53 Å². The van der Waals surface area contributed by atoms with Crippen LogP contribution in [0, 0.1) is 6.92 Å². The molecule has 1 N–H and O–H groups in total. The fourth-order valence-electron chi connectivity index (χ4n) is 2.43. The average Bonchev–Trinajstić information content (AvgIpc) is 2.96. The Morgan fingerprint density at radius 1 is 1.30 bits per heavy atom. The van der Waals surface area contributed by atoms with Gasteiger partial charge in [0.25, 0.3) is 5.91 Å². The van der Waals surface area contributed by atoms with E-state index in [2.05, 4.69) is 10.3 Å². The van der Waals surface area contributed by atoms with Crippen LogP contribution in [0.4, 0.5) is 0 Å². The molecule has 5 nitrogen and oxygen atoms in total. The first-order valence-electron chi connectivity index (χ1n) is 7.52. The predicted molar refractivity (Wildman–Crippen MR) is 89.0 cm³/mol. The van der Waals surface area contributed by atoms with Crippen LogP contribution in [0.5, 0.6) is 5.75 Å². The quantitative estimate of drug-likeness (QED) is 0.788. The van der Waals surface area contributed by atoms with Crippen LogP contribution < -0.4 is 10.1 Å². The second-order valence-corrected chi connectivity index (χ2v) is 5.44. The van der Waals surface area contributed by atoms with Crippen LogP contribution in [0.3, 0.4) is 0 Å². The van der Waals surface area contributed by atoms with Crippen molar-refractivity contribution in [1.29, 1.82) is 0 Å². The summed E-state index contributed by atoms with van der Waals surface area (Å²) < 4.78 is 7.12. The molecule has 0 saturated heterocycles. The average molecular weight is 309 g/mol. The number of amides is 1. The van der Waals surface area contributed by atoms with E-state index in [-0.39, 0.29) is 5.91 Å². The summed E-state index contributed by atoms with van der Waals surface area (Å²) in [6.07, 6.45) is 4.68. The Hall–Kier alpha value is -2.82. The molecule has 0 fully saturated rings. The molecule has 3 rings (SSSR count). The largest absolute Gasteiger partial charge is 0.497 e. The van der Waals surface area contributed by atoms with Crippen molar-refractivity contribution in [2.45, 2.75) is 13.3 Å². The molecule has 0 atom stereocenters. The van der Waals surface area contributed by atoms with Gasteiger partial charge in [-0.3, -0.25) is 4.79 Å². The standard InChI is InChI=1S/C18H19N3O2/c1-13-7-9-21-12-15(20-17(21)10-13)6-8-19-18(22)14-4-3-5-16(11-14)23-2/h3-5,7,9-12H,6,8H2,1-2H3,(H,19,22). The van der Waals surface area contributed by atoms with E-state index in [0.717, 1.165) is 11.3 Å². The first-order valence-corrected chi connectivity index (χ1v) is 7.52. The van der Waals surface area contributed by atoms with Gasteiger partial charge in [-0.15, -0.1) is 0 Å². The Morgan fingerprint density at radius 3 is 3.00 bits per heavy atom. The summed E-state index contributed by atoms with van der Waals surface area (Å²) in [5.41, 5.74) is 3.66. The number of aryl methyl sites for hydroxylation is 1. The van der Waals surface area contributed by atoms with Crippen LogP contribution in [-0.4, -0.2) is 28.9 Å². The van der Waals surface area contributed by atoms with Gasteiger partial charge in [-0.25, -0.2) is 4.98 Å². The molecule has 2 heterocycles. The third kappa shape index (κ3) is 3.51. The lowest BCUT2D eigenvalue weighted by Gasteiger charge is -2.05. The van der Waals surface area contributed by atoms with Gasteiger partial charge in [0.05, 0.1) is 12.8 Å². The number of ether oxygens (including phenoxy) is 1. The van der Waals surface area contributed by atoms with Crippen LogP contribution in [0.15, 0.2) is 48.8 Å². The summed E-state index contributed by atoms with van der Waals surface area (Å²) in [7, 11) is 1.59. The van der Waals surface area contributed by atoms with Crippen molar-refractivity contribution in [3.05, 3.63) is 65.6 Å². The van der Waals surface area contributed by atoms with Crippen molar-refractivity contribution in [3.8, 4) is 5.75 Å². The molecular formula is C18H19N3O2. The molecule has 3 aromatic rings. The maximum Gasteiger partial charge on any atom is 0.251 e. The highest BCUT2D eigenvalue weighted by Gasteiger charge is 2.07. The molecule has 0 aliphatic carbocycles. The van der Waals surface area contributed by atoms with Crippen LogP contribution in [0.1, 0.15) is 21.6 Å². The summed E-state index contributed by atoms with van der Waals surface area (Å²) in [6, 6.07) is 11.2. The second-order valence-electron chi connectivity index (χ2n) is 5.44. The molecule has 0 unspecified atom stereocenters. The monoisotopic (exact) mass is 309 g/mol. The van der Waals surface area contributed by atoms with E-state index in [1.807, 2.05) is 41.9 Å². The zero-order chi connectivity index (χ0) is 16.2. The van der Waals surface area contributed by atoms with Crippen LogP contribution >= 0.6 is 0 Å². The van der Waals surface area contributed by atoms with Gasteiger partial charge >= 0.3 is 0 Å². The summed E-state index contributed by atoms with van der Waals surface area (Å²) in [5.74, 6) is 0.567. The molecule has 118 valence electrons. The smallest absolute Gasteiger partial charge is 0.251 e. The molecule has 2 aromatic heterocycles. The minimum Gasteiger partial charge on any atom is -0.497 e. The normalized spacial score (nSPS) is 10.7. The summed E-state index contributed by atoms with van der Waals surface area (Å²) >= 11 is 0. The molecule has 0 radical (unpaired) electrons. The molecule has 5 heteroatoms. The molecule has 1 amide bonds. The number of pyridine rings is 1. The van der Waals surface area contributed by atoms with Crippen LogP contribution in [-0.2, 0) is 6.42 Å². The molecule has 0 aliphatic rings. The Morgan fingerprint density at radius 2 is 2.17 bits per heavy atom. The lowest BCUT2D eigenvalue weighted by Crippen LogP contribution is -2.25. The van der Waals surface area contributed by atoms with Crippen molar-refractivity contribution in [2.75, 3.05) is 13.7 Å². The Bertz CT molecular complexity index is 839. The van der Waals surface area contributed by atoms with E-state index < -0.39 is 0 Å². The molecule has 0 bridgehead atoms. The fraction of sp³-hybridized carbons (Fsp3) is 0.222. The lowest BCUT2D eigenvalue weighted by molar-refractivity contribution is 0.0953. The fourth-order valence-corrected chi connectivity index (χ4v) is 2.43. The SMILES string of the molecule is COc1cccc(C(=O)NCCc2cn3ccc(C)cc3n2)c1. The number of benzene rings is 1. The third-order valence-corrected chi connectivity index (χ3v) is 3.66. The minimum atomic E-state index is -0.108. The van der Waals surface area contributed by atoms with E-state index in [1.165, 1.54) is 5.56 Å². The second kappa shape index (κ2) is 6.52. The predicted octanol–water partition coefficient (Wildman–Crippen LogP) is 2.62. The van der Waals surface area contributed by atoms with Gasteiger partial charge in [-0.05, 0) is 42.8 Å². The van der Waals surface area contributed by atoms with Gasteiger partial charge in [-0.1, -0.05) is 6.07 Å². The number of nitrogens with one attached hydrogen (secondary N) is 1. The number of hydrogen-bond donors (Lipinski definition) is 1. The summed E-state index contributed by atoms with van der Waals surface area (Å²) in [6.45, 7) is 2.58. The number of methoxy groups -OCH3 is 1. The highest BCUT2D eigenvalue weighted by Crippen LogP contribution is 2.12. The van der Waals surface area contributed by atoms with Gasteiger partial charge in [0, 0.05) is 30.9 Å². The highest BCUT2D eigenvalue weighted by molar-refractivity contribution is 5.94. The third-order valence-electron chi connectivity index (χ3n) is 3.66. The Labute approximate surface area is 134 Å². The molecule has 1 aromatic carbocycles. The van der Waals surface area contributed by atoms with Crippen molar-refractivity contribution in [2.24, 2.45) is 0 Å². The number of imidazole rings is 1. The van der Waals surface area contributed by atoms with E-state index in [4.69, 9.17) is 4.74 Å². The zero-order valence-corrected chi connectivity index (χ0v) is 13.2. The van der Waals surface area contributed by atoms with Crippen molar-refractivity contribution in [3.63, 3.8) is 0 Å². The van der Waals surface area contributed by atoms with Crippen LogP contribution in [0.2, 0.25) is 0 Å². The van der Waals surface area contributed by atoms with E-state index in [0.29, 0.717) is 24.3 Å². The molecule has 0 aliphatic heterocycles. The molecule has 0 spiro atoms. The molecular weight excluding hydrogens is 290 g/mol. The number of rotatable bonds is 5. The van der Waals surface area contributed by atoms with E-state index >= 15 is 0 Å². The van der Waals surface area contributed by atoms with Gasteiger partial charge in [0.15, 0.2) is 0 Å². The first-order chi connectivity index (χ1) is 11.2. The van der Waals surface area contributed by atoms with E-state index in [9.17, 15) is 4.79 Å². The van der Waals surface area contributed by atoms with Gasteiger partial charge < -0.3 is 14.5 Å². The number of aromatic nitrogens is 2. The first kappa shape index (κ1) is 15.1. The Balaban J connectivity index is 1.60. The van der Waals surface area contributed by atoms with Crippen LogP contribution in [0.25, 0.3) is 5.65 Å². The Kier molecular flexibility index (Phi) is 4.28. The maximum absolute atomic E-state index is 12.1. The van der Waals surface area contributed by atoms with E-state index in [1.54, 1.807) is 25.3 Å². The zero-order valence-electron chi connectivity index (χ0n) is 13.2. The van der Waals surface area contributed by atoms with Gasteiger partial charge in [0.1, 0.15) is 11.4 Å². The number of carbonyl (C=O) groups excluding carboxylic acids is 1.